The number of hydrogen-bond donors (Lipinski definition) is 0. The Balaban J connectivity index is 1.63. The molecule has 3 rings (SSSR count). The van der Waals surface area contributed by atoms with Gasteiger partial charge in [0.05, 0.1) is 39.7 Å². The minimum atomic E-state index is -0.360. The topological polar surface area (TPSA) is 75.6 Å². The molecule has 166 valence electrons. The summed E-state index contributed by atoms with van der Waals surface area (Å²) in [5.74, 6) is 1.98. The molecule has 0 fully saturated rings. The van der Waals surface area contributed by atoms with Gasteiger partial charge in [-0.3, -0.25) is 4.99 Å². The van der Waals surface area contributed by atoms with E-state index in [0.717, 1.165) is 16.9 Å². The van der Waals surface area contributed by atoms with Gasteiger partial charge < -0.3 is 23.7 Å². The second-order valence-electron chi connectivity index (χ2n) is 6.69. The molecule has 7 nitrogen and oxygen atoms in total. The van der Waals surface area contributed by atoms with Crippen LogP contribution in [0.25, 0.3) is 0 Å². The SMILES string of the molecule is COC(=O)c1ccc(COc2ccc(C=Nc3cc(OC)c(OC)c(OC)c3)cc2)cc1. The van der Waals surface area contributed by atoms with Crippen molar-refractivity contribution >= 4 is 17.9 Å². The Kier molecular flexibility index (Phi) is 7.70. The Labute approximate surface area is 187 Å². The van der Waals surface area contributed by atoms with Crippen LogP contribution < -0.4 is 18.9 Å². The summed E-state index contributed by atoms with van der Waals surface area (Å²) in [5, 5.41) is 0. The summed E-state index contributed by atoms with van der Waals surface area (Å²) >= 11 is 0. The van der Waals surface area contributed by atoms with Gasteiger partial charge in [-0.1, -0.05) is 12.1 Å². The Bertz CT molecular complexity index is 1050. The van der Waals surface area contributed by atoms with Crippen molar-refractivity contribution in [2.75, 3.05) is 28.4 Å². The van der Waals surface area contributed by atoms with Gasteiger partial charge in [-0.25, -0.2) is 4.79 Å². The van der Waals surface area contributed by atoms with Crippen LogP contribution in [0.5, 0.6) is 23.0 Å². The average Bonchev–Trinajstić information content (AvgIpc) is 2.85. The second kappa shape index (κ2) is 10.9. The van der Waals surface area contributed by atoms with E-state index in [0.29, 0.717) is 35.1 Å². The second-order valence-corrected chi connectivity index (χ2v) is 6.69. The molecule has 3 aromatic carbocycles. The van der Waals surface area contributed by atoms with Crippen molar-refractivity contribution in [2.45, 2.75) is 6.61 Å². The maximum Gasteiger partial charge on any atom is 0.337 e. The standard InChI is InChI=1S/C25H25NO6/c1-28-22-13-20(14-23(29-2)24(22)30-3)26-15-17-7-11-21(12-8-17)32-16-18-5-9-19(10-6-18)25(27)31-4/h5-15H,16H2,1-4H3. The van der Waals surface area contributed by atoms with Crippen molar-refractivity contribution in [1.29, 1.82) is 0 Å². The van der Waals surface area contributed by atoms with Gasteiger partial charge >= 0.3 is 5.97 Å². The molecular weight excluding hydrogens is 410 g/mol. The lowest BCUT2D eigenvalue weighted by Gasteiger charge is -2.12. The van der Waals surface area contributed by atoms with Gasteiger partial charge in [-0.2, -0.15) is 0 Å². The van der Waals surface area contributed by atoms with Crippen LogP contribution in [0.2, 0.25) is 0 Å². The molecule has 3 aromatic rings. The van der Waals surface area contributed by atoms with Crippen LogP contribution >= 0.6 is 0 Å². The van der Waals surface area contributed by atoms with E-state index in [4.69, 9.17) is 23.7 Å². The lowest BCUT2D eigenvalue weighted by Crippen LogP contribution is -2.02. The fourth-order valence-corrected chi connectivity index (χ4v) is 2.96. The van der Waals surface area contributed by atoms with Gasteiger partial charge in [0.25, 0.3) is 0 Å². The molecule has 0 spiro atoms. The first-order chi connectivity index (χ1) is 15.6. The first-order valence-corrected chi connectivity index (χ1v) is 9.82. The zero-order chi connectivity index (χ0) is 22.9. The number of carbonyl (C=O) groups is 1. The molecule has 32 heavy (non-hydrogen) atoms. The van der Waals surface area contributed by atoms with Crippen molar-refractivity contribution in [3.63, 3.8) is 0 Å². The van der Waals surface area contributed by atoms with Crippen molar-refractivity contribution in [3.8, 4) is 23.0 Å². The maximum atomic E-state index is 11.5. The summed E-state index contributed by atoms with van der Waals surface area (Å²) in [7, 11) is 6.05. The first kappa shape index (κ1) is 22.7. The summed E-state index contributed by atoms with van der Waals surface area (Å²) in [6.07, 6.45) is 1.75. The first-order valence-electron chi connectivity index (χ1n) is 9.82. The lowest BCUT2D eigenvalue weighted by atomic mass is 10.1. The van der Waals surface area contributed by atoms with E-state index in [-0.39, 0.29) is 5.97 Å². The summed E-state index contributed by atoms with van der Waals surface area (Å²) < 4.78 is 26.6. The summed E-state index contributed by atoms with van der Waals surface area (Å²) in [5.41, 5.74) is 3.04. The van der Waals surface area contributed by atoms with Crippen LogP contribution in [0.3, 0.4) is 0 Å². The molecule has 7 heteroatoms. The van der Waals surface area contributed by atoms with E-state index >= 15 is 0 Å². The predicted octanol–water partition coefficient (Wildman–Crippen LogP) is 4.83. The van der Waals surface area contributed by atoms with Gasteiger partial charge in [0, 0.05) is 18.3 Å². The van der Waals surface area contributed by atoms with Crippen molar-refractivity contribution in [2.24, 2.45) is 4.99 Å². The number of rotatable bonds is 9. The molecule has 0 radical (unpaired) electrons. The van der Waals surface area contributed by atoms with E-state index in [9.17, 15) is 4.79 Å². The Hall–Kier alpha value is -4.00. The number of methoxy groups -OCH3 is 4. The molecule has 0 aromatic heterocycles. The minimum Gasteiger partial charge on any atom is -0.493 e. The highest BCUT2D eigenvalue weighted by atomic mass is 16.5. The van der Waals surface area contributed by atoms with Gasteiger partial charge in [0.2, 0.25) is 5.75 Å². The molecule has 0 saturated heterocycles. The van der Waals surface area contributed by atoms with Crippen LogP contribution in [0.15, 0.2) is 65.7 Å². The largest absolute Gasteiger partial charge is 0.493 e. The highest BCUT2D eigenvalue weighted by Crippen LogP contribution is 2.40. The number of esters is 1. The van der Waals surface area contributed by atoms with Gasteiger partial charge in [0.1, 0.15) is 12.4 Å². The Morgan fingerprint density at radius 1 is 0.844 bits per heavy atom. The van der Waals surface area contributed by atoms with Gasteiger partial charge in [-0.05, 0) is 47.5 Å². The summed E-state index contributed by atoms with van der Waals surface area (Å²) in [6, 6.07) is 18.2. The number of aliphatic imine (C=N–C) groups is 1. The molecule has 0 amide bonds. The van der Waals surface area contributed by atoms with Crippen LogP contribution in [0.4, 0.5) is 5.69 Å². The van der Waals surface area contributed by atoms with Gasteiger partial charge in [0.15, 0.2) is 11.5 Å². The summed E-state index contributed by atoms with van der Waals surface area (Å²) in [4.78, 5) is 16.0. The van der Waals surface area contributed by atoms with Crippen molar-refractivity contribution < 1.29 is 28.5 Å². The molecule has 0 atom stereocenters. The average molecular weight is 435 g/mol. The fourth-order valence-electron chi connectivity index (χ4n) is 2.96. The number of hydrogen-bond acceptors (Lipinski definition) is 7. The quantitative estimate of drug-likeness (QED) is 0.354. The van der Waals surface area contributed by atoms with E-state index < -0.39 is 0 Å². The fraction of sp³-hybridized carbons (Fsp3) is 0.200. The lowest BCUT2D eigenvalue weighted by molar-refractivity contribution is 0.0600. The third-order valence-electron chi connectivity index (χ3n) is 4.67. The van der Waals surface area contributed by atoms with Crippen LogP contribution in [-0.2, 0) is 11.3 Å². The zero-order valence-corrected chi connectivity index (χ0v) is 18.5. The molecule has 0 saturated carbocycles. The number of carbonyl (C=O) groups excluding carboxylic acids is 1. The van der Waals surface area contributed by atoms with Gasteiger partial charge in [-0.15, -0.1) is 0 Å². The summed E-state index contributed by atoms with van der Waals surface area (Å²) in [6.45, 7) is 0.389. The third-order valence-corrected chi connectivity index (χ3v) is 4.67. The molecule has 0 bridgehead atoms. The number of ether oxygens (including phenoxy) is 5. The number of benzene rings is 3. The zero-order valence-electron chi connectivity index (χ0n) is 18.5. The van der Waals surface area contributed by atoms with E-state index in [1.54, 1.807) is 51.8 Å². The number of nitrogens with zero attached hydrogens (tertiary/aromatic N) is 1. The molecule has 0 aliphatic rings. The smallest absolute Gasteiger partial charge is 0.337 e. The maximum absolute atomic E-state index is 11.5. The van der Waals surface area contributed by atoms with Crippen LogP contribution in [0, 0.1) is 0 Å². The van der Waals surface area contributed by atoms with Crippen LogP contribution in [-0.4, -0.2) is 40.6 Å². The van der Waals surface area contributed by atoms with Crippen molar-refractivity contribution in [1.82, 2.24) is 0 Å². The molecule has 0 aliphatic heterocycles. The minimum absolute atomic E-state index is 0.360. The Morgan fingerprint density at radius 3 is 2.00 bits per heavy atom. The van der Waals surface area contributed by atoms with E-state index in [1.165, 1.54) is 7.11 Å². The highest BCUT2D eigenvalue weighted by Gasteiger charge is 2.12. The van der Waals surface area contributed by atoms with Crippen molar-refractivity contribution in [3.05, 3.63) is 77.4 Å². The van der Waals surface area contributed by atoms with Crippen LogP contribution in [0.1, 0.15) is 21.5 Å². The normalized spacial score (nSPS) is 10.6. The monoisotopic (exact) mass is 435 g/mol. The molecule has 0 heterocycles. The molecule has 0 unspecified atom stereocenters. The molecule has 0 N–H and O–H groups in total. The third kappa shape index (κ3) is 5.57. The highest BCUT2D eigenvalue weighted by molar-refractivity contribution is 5.89. The molecule has 0 aliphatic carbocycles. The molecular formula is C25H25NO6. The van der Waals surface area contributed by atoms with E-state index in [2.05, 4.69) is 4.99 Å². The predicted molar refractivity (Wildman–Crippen MR) is 122 cm³/mol. The Morgan fingerprint density at radius 2 is 1.47 bits per heavy atom. The van der Waals surface area contributed by atoms with E-state index in [1.807, 2.05) is 36.4 Å².